The summed E-state index contributed by atoms with van der Waals surface area (Å²) in [7, 11) is 1.55. The molecule has 0 amide bonds. The van der Waals surface area contributed by atoms with Crippen LogP contribution in [-0.4, -0.2) is 19.2 Å². The van der Waals surface area contributed by atoms with Crippen LogP contribution in [0.3, 0.4) is 0 Å². The van der Waals surface area contributed by atoms with Crippen LogP contribution in [-0.2, 0) is 4.79 Å². The Hall–Kier alpha value is -1.62. The largest absolute Gasteiger partial charge is 0.497 e. The van der Waals surface area contributed by atoms with Crippen molar-refractivity contribution in [2.24, 2.45) is 0 Å². The van der Waals surface area contributed by atoms with E-state index < -0.39 is 12.1 Å². The molecule has 0 saturated heterocycles. The van der Waals surface area contributed by atoms with Gasteiger partial charge in [0.15, 0.2) is 6.10 Å². The molecule has 23 heavy (non-hydrogen) atoms. The van der Waals surface area contributed by atoms with Crippen molar-refractivity contribution in [1.29, 1.82) is 0 Å². The van der Waals surface area contributed by atoms with E-state index in [2.05, 4.69) is 0 Å². The number of carbonyl (C=O) groups excluding carboxylic acids is 1. The Morgan fingerprint density at radius 3 is 2.13 bits per heavy atom. The molecule has 2 aromatic rings. The molecule has 0 saturated carbocycles. The third-order valence-corrected chi connectivity index (χ3v) is 3.91. The zero-order valence-electron chi connectivity index (χ0n) is 12.3. The van der Waals surface area contributed by atoms with E-state index in [0.29, 0.717) is 16.5 Å². The van der Waals surface area contributed by atoms with Crippen molar-refractivity contribution in [2.75, 3.05) is 7.11 Å². The SMILES string of the molecule is COc1ccc(OC(=O)[C@@H](C)Oc2cc(Cl)c(Cl)cc2Cl)cc1. The zero-order chi connectivity index (χ0) is 17.0. The first-order chi connectivity index (χ1) is 10.9. The minimum absolute atomic E-state index is 0.250. The summed E-state index contributed by atoms with van der Waals surface area (Å²) >= 11 is 17.8. The fraction of sp³-hybridized carbons (Fsp3) is 0.188. The second-order valence-electron chi connectivity index (χ2n) is 4.55. The van der Waals surface area contributed by atoms with E-state index in [9.17, 15) is 4.79 Å². The first kappa shape index (κ1) is 17.7. The molecular formula is C16H13Cl3O4. The summed E-state index contributed by atoms with van der Waals surface area (Å²) in [6.07, 6.45) is -0.883. The molecule has 0 unspecified atom stereocenters. The van der Waals surface area contributed by atoms with Crippen LogP contribution in [0.5, 0.6) is 17.2 Å². The lowest BCUT2D eigenvalue weighted by molar-refractivity contribution is -0.141. The lowest BCUT2D eigenvalue weighted by atomic mass is 10.3. The van der Waals surface area contributed by atoms with Crippen LogP contribution in [0, 0.1) is 0 Å². The molecule has 1 atom stereocenters. The molecule has 2 rings (SSSR count). The molecule has 4 nitrogen and oxygen atoms in total. The monoisotopic (exact) mass is 374 g/mol. The lowest BCUT2D eigenvalue weighted by Crippen LogP contribution is -2.28. The molecule has 0 aliphatic heterocycles. The minimum Gasteiger partial charge on any atom is -0.497 e. The van der Waals surface area contributed by atoms with Crippen LogP contribution in [0.25, 0.3) is 0 Å². The number of rotatable bonds is 5. The molecular weight excluding hydrogens is 363 g/mol. The Labute approximate surface area is 148 Å². The Kier molecular flexibility index (Phi) is 5.99. The van der Waals surface area contributed by atoms with Crippen molar-refractivity contribution in [3.63, 3.8) is 0 Å². The predicted molar refractivity (Wildman–Crippen MR) is 90.2 cm³/mol. The first-order valence-corrected chi connectivity index (χ1v) is 7.71. The van der Waals surface area contributed by atoms with E-state index in [-0.39, 0.29) is 15.8 Å². The number of hydrogen-bond acceptors (Lipinski definition) is 4. The molecule has 0 radical (unpaired) electrons. The van der Waals surface area contributed by atoms with Gasteiger partial charge in [0.25, 0.3) is 0 Å². The molecule has 122 valence electrons. The number of halogens is 3. The van der Waals surface area contributed by atoms with Crippen molar-refractivity contribution in [2.45, 2.75) is 13.0 Å². The summed E-state index contributed by atoms with van der Waals surface area (Å²) in [5.74, 6) is 0.723. The van der Waals surface area contributed by atoms with Gasteiger partial charge in [0, 0.05) is 6.07 Å². The topological polar surface area (TPSA) is 44.8 Å². The molecule has 0 aromatic heterocycles. The second kappa shape index (κ2) is 7.77. The van der Waals surface area contributed by atoms with Crippen molar-refractivity contribution in [1.82, 2.24) is 0 Å². The molecule has 0 heterocycles. The molecule has 7 heteroatoms. The Morgan fingerprint density at radius 1 is 0.957 bits per heavy atom. The van der Waals surface area contributed by atoms with Gasteiger partial charge in [0.1, 0.15) is 17.2 Å². The number of esters is 1. The Bertz CT molecular complexity index is 701. The summed E-state index contributed by atoms with van der Waals surface area (Å²) < 4.78 is 15.7. The van der Waals surface area contributed by atoms with E-state index in [4.69, 9.17) is 49.0 Å². The fourth-order valence-electron chi connectivity index (χ4n) is 1.68. The number of hydrogen-bond donors (Lipinski definition) is 0. The summed E-state index contributed by atoms with van der Waals surface area (Å²) in [4.78, 5) is 12.1. The van der Waals surface area contributed by atoms with Gasteiger partial charge < -0.3 is 14.2 Å². The number of ether oxygens (including phenoxy) is 3. The van der Waals surface area contributed by atoms with Crippen LogP contribution in [0.2, 0.25) is 15.1 Å². The van der Waals surface area contributed by atoms with E-state index >= 15 is 0 Å². The van der Waals surface area contributed by atoms with Crippen molar-refractivity contribution in [3.8, 4) is 17.2 Å². The van der Waals surface area contributed by atoms with Crippen LogP contribution >= 0.6 is 34.8 Å². The summed E-state index contributed by atoms with van der Waals surface area (Å²) in [6.45, 7) is 1.55. The Morgan fingerprint density at radius 2 is 1.52 bits per heavy atom. The summed E-state index contributed by atoms with van der Waals surface area (Å²) in [5.41, 5.74) is 0. The molecule has 0 N–H and O–H groups in total. The number of methoxy groups -OCH3 is 1. The third kappa shape index (κ3) is 4.67. The summed E-state index contributed by atoms with van der Waals surface area (Å²) in [5, 5.41) is 0.836. The van der Waals surface area contributed by atoms with E-state index in [1.807, 2.05) is 0 Å². The van der Waals surface area contributed by atoms with Crippen LogP contribution in [0.4, 0.5) is 0 Å². The van der Waals surface area contributed by atoms with Gasteiger partial charge in [-0.3, -0.25) is 0 Å². The van der Waals surface area contributed by atoms with Crippen molar-refractivity contribution < 1.29 is 19.0 Å². The van der Waals surface area contributed by atoms with Gasteiger partial charge >= 0.3 is 5.97 Å². The Balaban J connectivity index is 2.03. The van der Waals surface area contributed by atoms with E-state index in [0.717, 1.165) is 0 Å². The standard InChI is InChI=1S/C16H13Cl3O4/c1-9(22-15-8-13(18)12(17)7-14(15)19)16(20)23-11-5-3-10(21-2)4-6-11/h3-9H,1-2H3/t9-/m1/s1. The van der Waals surface area contributed by atoms with Crippen LogP contribution in [0.1, 0.15) is 6.92 Å². The maximum Gasteiger partial charge on any atom is 0.352 e. The fourth-order valence-corrected chi connectivity index (χ4v) is 2.26. The molecule has 2 aromatic carbocycles. The van der Waals surface area contributed by atoms with Gasteiger partial charge in [-0.05, 0) is 37.3 Å². The minimum atomic E-state index is -0.883. The second-order valence-corrected chi connectivity index (χ2v) is 5.78. The average Bonchev–Trinajstić information content (AvgIpc) is 2.53. The highest BCUT2D eigenvalue weighted by Crippen LogP contribution is 2.34. The van der Waals surface area contributed by atoms with Gasteiger partial charge in [0.05, 0.1) is 22.2 Å². The quantitative estimate of drug-likeness (QED) is 0.418. The normalized spacial score (nSPS) is 11.7. The van der Waals surface area contributed by atoms with Crippen molar-refractivity contribution >= 4 is 40.8 Å². The maximum atomic E-state index is 12.1. The summed E-state index contributed by atoms with van der Waals surface area (Å²) in [6, 6.07) is 9.50. The van der Waals surface area contributed by atoms with E-state index in [1.54, 1.807) is 38.3 Å². The maximum absolute atomic E-state index is 12.1. The molecule has 0 bridgehead atoms. The number of carbonyl (C=O) groups is 1. The first-order valence-electron chi connectivity index (χ1n) is 6.57. The smallest absolute Gasteiger partial charge is 0.352 e. The van der Waals surface area contributed by atoms with Crippen LogP contribution < -0.4 is 14.2 Å². The lowest BCUT2D eigenvalue weighted by Gasteiger charge is -2.15. The molecule has 0 aliphatic rings. The highest BCUT2D eigenvalue weighted by atomic mass is 35.5. The number of benzene rings is 2. The van der Waals surface area contributed by atoms with Gasteiger partial charge in [-0.15, -0.1) is 0 Å². The molecule has 0 aliphatic carbocycles. The van der Waals surface area contributed by atoms with Gasteiger partial charge in [-0.1, -0.05) is 34.8 Å². The highest BCUT2D eigenvalue weighted by molar-refractivity contribution is 6.43. The zero-order valence-corrected chi connectivity index (χ0v) is 14.6. The molecule has 0 fully saturated rings. The van der Waals surface area contributed by atoms with Gasteiger partial charge in [0.2, 0.25) is 0 Å². The van der Waals surface area contributed by atoms with Gasteiger partial charge in [-0.2, -0.15) is 0 Å². The third-order valence-electron chi connectivity index (χ3n) is 2.89. The van der Waals surface area contributed by atoms with Gasteiger partial charge in [-0.25, -0.2) is 4.79 Å². The molecule has 0 spiro atoms. The predicted octanol–water partition coefficient (Wildman–Crippen LogP) is 5.03. The van der Waals surface area contributed by atoms with E-state index in [1.165, 1.54) is 12.1 Å². The average molecular weight is 376 g/mol. The van der Waals surface area contributed by atoms with Crippen molar-refractivity contribution in [3.05, 3.63) is 51.5 Å². The van der Waals surface area contributed by atoms with Crippen LogP contribution in [0.15, 0.2) is 36.4 Å². The highest BCUT2D eigenvalue weighted by Gasteiger charge is 2.19.